The lowest BCUT2D eigenvalue weighted by atomic mass is 10.2. The molecule has 15 heavy (non-hydrogen) atoms. The Morgan fingerprint density at radius 1 is 1.27 bits per heavy atom. The van der Waals surface area contributed by atoms with Crippen molar-refractivity contribution >= 4 is 5.69 Å². The highest BCUT2D eigenvalue weighted by Gasteiger charge is 2.03. The molecule has 78 valence electrons. The summed E-state index contributed by atoms with van der Waals surface area (Å²) in [6.45, 7) is 2.72. The molecule has 1 aromatic heterocycles. The van der Waals surface area contributed by atoms with Crippen molar-refractivity contribution in [3.05, 3.63) is 35.7 Å². The third-order valence-corrected chi connectivity index (χ3v) is 2.23. The first-order valence-corrected chi connectivity index (χ1v) is 4.89. The number of nitrogen functional groups attached to an aromatic ring is 1. The first kappa shape index (κ1) is 9.64. The van der Waals surface area contributed by atoms with E-state index in [9.17, 15) is 0 Å². The summed E-state index contributed by atoms with van der Waals surface area (Å²) in [6, 6.07) is 7.73. The maximum atomic E-state index is 5.61. The van der Waals surface area contributed by atoms with Crippen molar-refractivity contribution in [2.45, 2.75) is 19.9 Å². The third-order valence-electron chi connectivity index (χ3n) is 2.23. The minimum Gasteiger partial charge on any atom is -0.399 e. The van der Waals surface area contributed by atoms with Gasteiger partial charge < -0.3 is 5.73 Å². The van der Waals surface area contributed by atoms with E-state index in [1.54, 1.807) is 4.68 Å². The van der Waals surface area contributed by atoms with Crippen LogP contribution in [-0.4, -0.2) is 20.2 Å². The summed E-state index contributed by atoms with van der Waals surface area (Å²) in [4.78, 5) is 0. The molecule has 5 nitrogen and oxygen atoms in total. The molecular formula is C10H13N5. The van der Waals surface area contributed by atoms with Gasteiger partial charge in [0.25, 0.3) is 0 Å². The Morgan fingerprint density at radius 3 is 2.67 bits per heavy atom. The molecule has 0 aliphatic carbocycles. The van der Waals surface area contributed by atoms with Crippen LogP contribution in [-0.2, 0) is 13.0 Å². The van der Waals surface area contributed by atoms with Crippen LogP contribution in [0.4, 0.5) is 5.69 Å². The lowest BCUT2D eigenvalue weighted by molar-refractivity contribution is 0.622. The molecule has 0 spiro atoms. The van der Waals surface area contributed by atoms with E-state index in [2.05, 4.69) is 15.5 Å². The van der Waals surface area contributed by atoms with Crippen LogP contribution in [0.15, 0.2) is 24.3 Å². The number of hydrogen-bond donors (Lipinski definition) is 1. The average molecular weight is 203 g/mol. The molecule has 0 atom stereocenters. The fraction of sp³-hybridized carbons (Fsp3) is 0.300. The average Bonchev–Trinajstić information content (AvgIpc) is 2.69. The van der Waals surface area contributed by atoms with Crippen LogP contribution in [0.1, 0.15) is 18.3 Å². The fourth-order valence-corrected chi connectivity index (χ4v) is 1.40. The van der Waals surface area contributed by atoms with Gasteiger partial charge in [0.1, 0.15) is 0 Å². The number of hydrogen-bond acceptors (Lipinski definition) is 4. The maximum Gasteiger partial charge on any atom is 0.151 e. The van der Waals surface area contributed by atoms with Crippen LogP contribution in [0.3, 0.4) is 0 Å². The van der Waals surface area contributed by atoms with Crippen LogP contribution in [0, 0.1) is 0 Å². The number of benzene rings is 1. The van der Waals surface area contributed by atoms with Gasteiger partial charge in [-0.1, -0.05) is 19.1 Å². The molecule has 1 aromatic carbocycles. The molecule has 2 rings (SSSR count). The maximum absolute atomic E-state index is 5.61. The molecule has 2 N–H and O–H groups in total. The molecule has 0 radical (unpaired) electrons. The summed E-state index contributed by atoms with van der Waals surface area (Å²) in [5.41, 5.74) is 7.52. The second-order valence-electron chi connectivity index (χ2n) is 3.35. The van der Waals surface area contributed by atoms with Gasteiger partial charge in [-0.3, -0.25) is 0 Å². The number of aryl methyl sites for hydroxylation is 1. The highest BCUT2D eigenvalue weighted by atomic mass is 15.5. The van der Waals surface area contributed by atoms with Crippen LogP contribution >= 0.6 is 0 Å². The van der Waals surface area contributed by atoms with E-state index in [1.807, 2.05) is 31.2 Å². The van der Waals surface area contributed by atoms with Crippen molar-refractivity contribution in [2.24, 2.45) is 0 Å². The zero-order chi connectivity index (χ0) is 10.7. The number of nitrogens with two attached hydrogens (primary N) is 1. The standard InChI is InChI=1S/C10H13N5/c1-2-10-12-13-14-15(10)7-8-3-5-9(11)6-4-8/h3-6H,2,7,11H2,1H3. The summed E-state index contributed by atoms with van der Waals surface area (Å²) in [6.07, 6.45) is 0.835. The van der Waals surface area contributed by atoms with Crippen molar-refractivity contribution in [1.29, 1.82) is 0 Å². The van der Waals surface area contributed by atoms with Crippen molar-refractivity contribution in [3.8, 4) is 0 Å². The van der Waals surface area contributed by atoms with E-state index in [0.717, 1.165) is 23.5 Å². The van der Waals surface area contributed by atoms with Gasteiger partial charge in [0.15, 0.2) is 5.82 Å². The van der Waals surface area contributed by atoms with Gasteiger partial charge in [-0.25, -0.2) is 4.68 Å². The molecule has 0 saturated heterocycles. The molecule has 0 aliphatic heterocycles. The van der Waals surface area contributed by atoms with Crippen molar-refractivity contribution < 1.29 is 0 Å². The fourth-order valence-electron chi connectivity index (χ4n) is 1.40. The summed E-state index contributed by atoms with van der Waals surface area (Å²) in [7, 11) is 0. The van der Waals surface area contributed by atoms with E-state index in [1.165, 1.54) is 0 Å². The van der Waals surface area contributed by atoms with Gasteiger partial charge >= 0.3 is 0 Å². The first-order valence-electron chi connectivity index (χ1n) is 4.89. The van der Waals surface area contributed by atoms with Crippen LogP contribution < -0.4 is 5.73 Å². The normalized spacial score (nSPS) is 10.5. The van der Waals surface area contributed by atoms with Gasteiger partial charge in [0, 0.05) is 12.1 Å². The summed E-state index contributed by atoms with van der Waals surface area (Å²) in [5, 5.41) is 11.5. The van der Waals surface area contributed by atoms with E-state index >= 15 is 0 Å². The molecule has 0 amide bonds. The second kappa shape index (κ2) is 4.08. The van der Waals surface area contributed by atoms with E-state index in [-0.39, 0.29) is 0 Å². The number of nitrogens with zero attached hydrogens (tertiary/aromatic N) is 4. The molecule has 0 aliphatic rings. The highest BCUT2D eigenvalue weighted by molar-refractivity contribution is 5.39. The lowest BCUT2D eigenvalue weighted by Gasteiger charge is -2.03. The molecule has 0 bridgehead atoms. The summed E-state index contributed by atoms with van der Waals surface area (Å²) in [5.74, 6) is 0.895. The van der Waals surface area contributed by atoms with E-state index < -0.39 is 0 Å². The SMILES string of the molecule is CCc1nnnn1Cc1ccc(N)cc1. The molecule has 2 aromatic rings. The van der Waals surface area contributed by atoms with Crippen LogP contribution in [0.2, 0.25) is 0 Å². The largest absolute Gasteiger partial charge is 0.399 e. The second-order valence-corrected chi connectivity index (χ2v) is 3.35. The van der Waals surface area contributed by atoms with Crippen LogP contribution in [0.25, 0.3) is 0 Å². The Bertz CT molecular complexity index is 431. The Balaban J connectivity index is 2.18. The quantitative estimate of drug-likeness (QED) is 0.751. The third kappa shape index (κ3) is 2.12. The highest BCUT2D eigenvalue weighted by Crippen LogP contribution is 2.07. The number of rotatable bonds is 3. The molecule has 0 saturated carbocycles. The van der Waals surface area contributed by atoms with Gasteiger partial charge in [0.05, 0.1) is 6.54 Å². The molecule has 1 heterocycles. The predicted octanol–water partition coefficient (Wildman–Crippen LogP) is 0.866. The molecular weight excluding hydrogens is 190 g/mol. The van der Waals surface area contributed by atoms with Crippen molar-refractivity contribution in [2.75, 3.05) is 5.73 Å². The van der Waals surface area contributed by atoms with Gasteiger partial charge in [0.2, 0.25) is 0 Å². The van der Waals surface area contributed by atoms with E-state index in [4.69, 9.17) is 5.73 Å². The van der Waals surface area contributed by atoms with Gasteiger partial charge in [-0.2, -0.15) is 0 Å². The predicted molar refractivity (Wildman–Crippen MR) is 57.2 cm³/mol. The smallest absolute Gasteiger partial charge is 0.151 e. The Labute approximate surface area is 87.9 Å². The Morgan fingerprint density at radius 2 is 2.00 bits per heavy atom. The minimum atomic E-state index is 0.691. The topological polar surface area (TPSA) is 69.6 Å². The first-order chi connectivity index (χ1) is 7.29. The summed E-state index contributed by atoms with van der Waals surface area (Å²) < 4.78 is 1.80. The number of tetrazole rings is 1. The van der Waals surface area contributed by atoms with Gasteiger partial charge in [-0.15, -0.1) is 5.10 Å². The molecule has 5 heteroatoms. The molecule has 0 fully saturated rings. The lowest BCUT2D eigenvalue weighted by Crippen LogP contribution is -2.06. The Kier molecular flexibility index (Phi) is 2.62. The van der Waals surface area contributed by atoms with Gasteiger partial charge in [-0.05, 0) is 28.1 Å². The van der Waals surface area contributed by atoms with Crippen LogP contribution in [0.5, 0.6) is 0 Å². The Hall–Kier alpha value is -1.91. The molecule has 0 unspecified atom stereocenters. The zero-order valence-corrected chi connectivity index (χ0v) is 8.59. The number of anilines is 1. The number of aromatic nitrogens is 4. The van der Waals surface area contributed by atoms with Crippen molar-refractivity contribution in [1.82, 2.24) is 20.2 Å². The van der Waals surface area contributed by atoms with E-state index in [0.29, 0.717) is 6.54 Å². The monoisotopic (exact) mass is 203 g/mol. The van der Waals surface area contributed by atoms with Crippen molar-refractivity contribution in [3.63, 3.8) is 0 Å². The zero-order valence-electron chi connectivity index (χ0n) is 8.59. The summed E-state index contributed by atoms with van der Waals surface area (Å²) >= 11 is 0. The minimum absolute atomic E-state index is 0.691.